The van der Waals surface area contributed by atoms with Gasteiger partial charge in [-0.2, -0.15) is 0 Å². The molecule has 1 rings (SSSR count). The average Bonchev–Trinajstić information content (AvgIpc) is 2.40. The highest BCUT2D eigenvalue weighted by Crippen LogP contribution is 2.16. The van der Waals surface area contributed by atoms with E-state index in [2.05, 4.69) is 16.0 Å². The van der Waals surface area contributed by atoms with E-state index in [-0.39, 0.29) is 11.8 Å². The molecular formula is C14H21N3O2. The number of amides is 2. The molecule has 0 saturated carbocycles. The van der Waals surface area contributed by atoms with E-state index in [9.17, 15) is 9.59 Å². The van der Waals surface area contributed by atoms with E-state index in [1.54, 1.807) is 25.2 Å². The van der Waals surface area contributed by atoms with Crippen molar-refractivity contribution < 1.29 is 9.59 Å². The molecule has 5 nitrogen and oxygen atoms in total. The van der Waals surface area contributed by atoms with Gasteiger partial charge in [0.05, 0.1) is 0 Å². The van der Waals surface area contributed by atoms with Crippen LogP contribution in [0.5, 0.6) is 0 Å². The zero-order valence-corrected chi connectivity index (χ0v) is 11.7. The average molecular weight is 263 g/mol. The van der Waals surface area contributed by atoms with Crippen LogP contribution in [0.25, 0.3) is 0 Å². The van der Waals surface area contributed by atoms with Crippen molar-refractivity contribution in [3.05, 3.63) is 29.3 Å². The molecule has 0 unspecified atom stereocenters. The van der Waals surface area contributed by atoms with Crippen molar-refractivity contribution in [1.29, 1.82) is 0 Å². The molecule has 0 bridgehead atoms. The van der Waals surface area contributed by atoms with E-state index in [1.165, 1.54) is 0 Å². The van der Waals surface area contributed by atoms with Crippen LogP contribution in [0.1, 0.15) is 29.3 Å². The molecule has 1 aromatic rings. The van der Waals surface area contributed by atoms with Crippen LogP contribution >= 0.6 is 0 Å². The fraction of sp³-hybridized carbons (Fsp3) is 0.429. The number of benzene rings is 1. The summed E-state index contributed by atoms with van der Waals surface area (Å²) in [6.07, 6.45) is 0.435. The van der Waals surface area contributed by atoms with Crippen LogP contribution in [-0.4, -0.2) is 32.0 Å². The smallest absolute Gasteiger partial charge is 0.251 e. The van der Waals surface area contributed by atoms with Gasteiger partial charge in [0.1, 0.15) is 0 Å². The quantitative estimate of drug-likeness (QED) is 0.677. The second-order valence-corrected chi connectivity index (χ2v) is 4.26. The van der Waals surface area contributed by atoms with Gasteiger partial charge >= 0.3 is 0 Å². The van der Waals surface area contributed by atoms with Gasteiger partial charge in [0.15, 0.2) is 0 Å². The van der Waals surface area contributed by atoms with Gasteiger partial charge in [-0.05, 0) is 37.2 Å². The Kier molecular flexibility index (Phi) is 6.02. The monoisotopic (exact) mass is 263 g/mol. The van der Waals surface area contributed by atoms with E-state index in [0.29, 0.717) is 18.5 Å². The molecule has 3 N–H and O–H groups in total. The lowest BCUT2D eigenvalue weighted by molar-refractivity contribution is -0.116. The lowest BCUT2D eigenvalue weighted by Crippen LogP contribution is -2.22. The first kappa shape index (κ1) is 15.2. The fourth-order valence-corrected chi connectivity index (χ4v) is 1.68. The van der Waals surface area contributed by atoms with E-state index in [4.69, 9.17) is 0 Å². The Balaban J connectivity index is 2.64. The van der Waals surface area contributed by atoms with Gasteiger partial charge in [0, 0.05) is 31.3 Å². The van der Waals surface area contributed by atoms with Crippen LogP contribution in [0.15, 0.2) is 18.2 Å². The van der Waals surface area contributed by atoms with Crippen molar-refractivity contribution in [2.24, 2.45) is 0 Å². The first-order valence-electron chi connectivity index (χ1n) is 6.41. The molecule has 0 saturated heterocycles. The highest BCUT2D eigenvalue weighted by Gasteiger charge is 2.08. The molecule has 0 aliphatic carbocycles. The Morgan fingerprint density at radius 2 is 2.00 bits per heavy atom. The fourth-order valence-electron chi connectivity index (χ4n) is 1.68. The van der Waals surface area contributed by atoms with Crippen LogP contribution in [-0.2, 0) is 4.79 Å². The minimum Gasteiger partial charge on any atom is -0.355 e. The van der Waals surface area contributed by atoms with Crippen LogP contribution < -0.4 is 16.0 Å². The summed E-state index contributed by atoms with van der Waals surface area (Å²) in [4.78, 5) is 23.2. The number of rotatable bonds is 6. The number of anilines is 1. The maximum Gasteiger partial charge on any atom is 0.251 e. The maximum absolute atomic E-state index is 11.7. The molecule has 2 amide bonds. The van der Waals surface area contributed by atoms with Gasteiger partial charge in [-0.15, -0.1) is 0 Å². The minimum absolute atomic E-state index is 0.0308. The number of nitrogens with one attached hydrogen (secondary N) is 3. The highest BCUT2D eigenvalue weighted by atomic mass is 16.2. The zero-order valence-electron chi connectivity index (χ0n) is 11.7. The summed E-state index contributed by atoms with van der Waals surface area (Å²) in [7, 11) is 1.59. The molecule has 5 heteroatoms. The molecule has 1 aromatic carbocycles. The van der Waals surface area contributed by atoms with Crippen molar-refractivity contribution in [1.82, 2.24) is 10.6 Å². The Bertz CT molecular complexity index is 458. The summed E-state index contributed by atoms with van der Waals surface area (Å²) >= 11 is 0. The normalized spacial score (nSPS) is 10.1. The third kappa shape index (κ3) is 4.71. The molecular weight excluding hydrogens is 242 g/mol. The van der Waals surface area contributed by atoms with Gasteiger partial charge in [-0.1, -0.05) is 6.92 Å². The van der Waals surface area contributed by atoms with Gasteiger partial charge in [-0.3, -0.25) is 9.59 Å². The van der Waals surface area contributed by atoms with E-state index in [1.807, 2.05) is 13.8 Å². The molecule has 0 aromatic heterocycles. The summed E-state index contributed by atoms with van der Waals surface area (Å²) in [5.41, 5.74) is 2.21. The summed E-state index contributed by atoms with van der Waals surface area (Å²) in [6.45, 7) is 5.39. The SMILES string of the molecule is CCNCCC(=O)Nc1ccc(C(=O)NC)cc1C. The van der Waals surface area contributed by atoms with Crippen molar-refractivity contribution in [2.75, 3.05) is 25.5 Å². The number of hydrogen-bond donors (Lipinski definition) is 3. The van der Waals surface area contributed by atoms with Crippen LogP contribution in [0.2, 0.25) is 0 Å². The largest absolute Gasteiger partial charge is 0.355 e. The van der Waals surface area contributed by atoms with E-state index >= 15 is 0 Å². The second kappa shape index (κ2) is 7.53. The minimum atomic E-state index is -0.131. The molecule has 0 atom stereocenters. The molecule has 0 fully saturated rings. The number of aryl methyl sites for hydroxylation is 1. The first-order chi connectivity index (χ1) is 9.08. The lowest BCUT2D eigenvalue weighted by atomic mass is 10.1. The van der Waals surface area contributed by atoms with E-state index in [0.717, 1.165) is 17.8 Å². The third-order valence-electron chi connectivity index (χ3n) is 2.77. The summed E-state index contributed by atoms with van der Waals surface area (Å²) in [5, 5.41) is 8.51. The van der Waals surface area contributed by atoms with Crippen LogP contribution in [0.4, 0.5) is 5.69 Å². The molecule has 0 radical (unpaired) electrons. The number of hydrogen-bond acceptors (Lipinski definition) is 3. The van der Waals surface area contributed by atoms with Gasteiger partial charge in [0.25, 0.3) is 5.91 Å². The Morgan fingerprint density at radius 1 is 1.26 bits per heavy atom. The number of carbonyl (C=O) groups is 2. The molecule has 19 heavy (non-hydrogen) atoms. The molecule has 0 heterocycles. The van der Waals surface area contributed by atoms with E-state index < -0.39 is 0 Å². The summed E-state index contributed by atoms with van der Waals surface area (Å²) < 4.78 is 0. The molecule has 0 aliphatic rings. The Hall–Kier alpha value is -1.88. The summed E-state index contributed by atoms with van der Waals surface area (Å²) in [5.74, 6) is -0.162. The van der Waals surface area contributed by atoms with Crippen molar-refractivity contribution in [2.45, 2.75) is 20.3 Å². The van der Waals surface area contributed by atoms with Crippen molar-refractivity contribution in [3.63, 3.8) is 0 Å². The third-order valence-corrected chi connectivity index (χ3v) is 2.77. The topological polar surface area (TPSA) is 70.2 Å². The van der Waals surface area contributed by atoms with Crippen LogP contribution in [0.3, 0.4) is 0 Å². The van der Waals surface area contributed by atoms with Crippen molar-refractivity contribution in [3.8, 4) is 0 Å². The van der Waals surface area contributed by atoms with Crippen molar-refractivity contribution >= 4 is 17.5 Å². The number of carbonyl (C=O) groups excluding carboxylic acids is 2. The highest BCUT2D eigenvalue weighted by molar-refractivity contribution is 5.96. The standard InChI is InChI=1S/C14H21N3O2/c1-4-16-8-7-13(18)17-12-6-5-11(9-10(12)2)14(19)15-3/h5-6,9,16H,4,7-8H2,1-3H3,(H,15,19)(H,17,18). The first-order valence-corrected chi connectivity index (χ1v) is 6.41. The van der Waals surface area contributed by atoms with Gasteiger partial charge < -0.3 is 16.0 Å². The summed E-state index contributed by atoms with van der Waals surface area (Å²) in [6, 6.07) is 5.22. The molecule has 104 valence electrons. The van der Waals surface area contributed by atoms with Gasteiger partial charge in [-0.25, -0.2) is 0 Å². The second-order valence-electron chi connectivity index (χ2n) is 4.26. The predicted molar refractivity (Wildman–Crippen MR) is 76.4 cm³/mol. The Morgan fingerprint density at radius 3 is 2.58 bits per heavy atom. The molecule has 0 spiro atoms. The van der Waals surface area contributed by atoms with Crippen LogP contribution in [0, 0.1) is 6.92 Å². The lowest BCUT2D eigenvalue weighted by Gasteiger charge is -2.10. The van der Waals surface area contributed by atoms with Gasteiger partial charge in [0.2, 0.25) is 5.91 Å². The molecule has 0 aliphatic heterocycles. The predicted octanol–water partition coefficient (Wildman–Crippen LogP) is 1.29. The maximum atomic E-state index is 11.7. The zero-order chi connectivity index (χ0) is 14.3. The Labute approximate surface area is 113 Å².